The van der Waals surface area contributed by atoms with Crippen LogP contribution in [0.2, 0.25) is 0 Å². The topological polar surface area (TPSA) is 54.7 Å². The summed E-state index contributed by atoms with van der Waals surface area (Å²) in [5.41, 5.74) is 8.73. The predicted molar refractivity (Wildman–Crippen MR) is 81.5 cm³/mol. The molecular formula is C13H10BrN3S. The number of benzene rings is 1. The van der Waals surface area contributed by atoms with Gasteiger partial charge < -0.3 is 10.7 Å². The molecule has 1 aromatic carbocycles. The van der Waals surface area contributed by atoms with Crippen LogP contribution < -0.4 is 5.73 Å². The molecule has 0 saturated carbocycles. The highest BCUT2D eigenvalue weighted by atomic mass is 79.9. The largest absolute Gasteiger partial charge is 0.375 e. The molecule has 0 radical (unpaired) electrons. The average Bonchev–Trinajstić information content (AvgIpc) is 2.94. The van der Waals surface area contributed by atoms with Crippen LogP contribution in [0.15, 0.2) is 34.2 Å². The smallest absolute Gasteiger partial charge is 0.180 e. The zero-order valence-corrected chi connectivity index (χ0v) is 11.8. The summed E-state index contributed by atoms with van der Waals surface area (Å²) in [6.07, 6.45) is 5.99. The molecule has 0 aliphatic rings. The summed E-state index contributed by atoms with van der Waals surface area (Å²) in [7, 11) is 0. The van der Waals surface area contributed by atoms with Gasteiger partial charge in [0.25, 0.3) is 0 Å². The number of H-pyrrole nitrogens is 1. The van der Waals surface area contributed by atoms with Crippen molar-refractivity contribution in [3.63, 3.8) is 0 Å². The van der Waals surface area contributed by atoms with Crippen LogP contribution in [-0.2, 0) is 0 Å². The Balaban J connectivity index is 2.03. The fourth-order valence-electron chi connectivity index (χ4n) is 1.85. The lowest BCUT2D eigenvalue weighted by atomic mass is 10.1. The quantitative estimate of drug-likeness (QED) is 0.745. The molecule has 0 atom stereocenters. The van der Waals surface area contributed by atoms with Gasteiger partial charge in [-0.05, 0) is 18.2 Å². The number of thiazole rings is 1. The first-order valence-electron chi connectivity index (χ1n) is 5.39. The van der Waals surface area contributed by atoms with Gasteiger partial charge in [-0.15, -0.1) is 11.3 Å². The van der Waals surface area contributed by atoms with Crippen molar-refractivity contribution in [2.75, 3.05) is 5.73 Å². The van der Waals surface area contributed by atoms with Crippen molar-refractivity contribution in [3.8, 4) is 0 Å². The second-order valence-corrected chi connectivity index (χ2v) is 5.59. The zero-order valence-electron chi connectivity index (χ0n) is 9.35. The number of aromatic amines is 1. The average molecular weight is 320 g/mol. The first-order chi connectivity index (χ1) is 8.74. The number of anilines is 1. The Labute approximate surface area is 116 Å². The Hall–Kier alpha value is -1.59. The van der Waals surface area contributed by atoms with Crippen LogP contribution in [0.4, 0.5) is 5.13 Å². The summed E-state index contributed by atoms with van der Waals surface area (Å²) < 4.78 is 1.08. The second-order valence-electron chi connectivity index (χ2n) is 3.85. The number of nitrogen functional groups attached to an aromatic ring is 1. The third kappa shape index (κ3) is 2.07. The van der Waals surface area contributed by atoms with Crippen LogP contribution in [0.1, 0.15) is 11.3 Å². The minimum Gasteiger partial charge on any atom is -0.375 e. The van der Waals surface area contributed by atoms with E-state index in [1.807, 2.05) is 35.9 Å². The molecule has 0 aliphatic carbocycles. The number of halogens is 1. The van der Waals surface area contributed by atoms with E-state index in [0.717, 1.165) is 21.2 Å². The third-order valence-electron chi connectivity index (χ3n) is 2.66. The maximum atomic E-state index is 5.60. The molecule has 0 amide bonds. The first kappa shape index (κ1) is 11.5. The van der Waals surface area contributed by atoms with E-state index < -0.39 is 0 Å². The van der Waals surface area contributed by atoms with Gasteiger partial charge in [-0.25, -0.2) is 4.98 Å². The fourth-order valence-corrected chi connectivity index (χ4v) is 2.98. The van der Waals surface area contributed by atoms with Crippen molar-refractivity contribution in [1.82, 2.24) is 9.97 Å². The highest BCUT2D eigenvalue weighted by Crippen LogP contribution is 2.28. The van der Waals surface area contributed by atoms with E-state index >= 15 is 0 Å². The highest BCUT2D eigenvalue weighted by molar-refractivity contribution is 9.10. The monoisotopic (exact) mass is 319 g/mol. The Morgan fingerprint density at radius 2 is 2.22 bits per heavy atom. The van der Waals surface area contributed by atoms with E-state index in [4.69, 9.17) is 5.73 Å². The van der Waals surface area contributed by atoms with Crippen molar-refractivity contribution < 1.29 is 0 Å². The molecule has 0 aliphatic heterocycles. The van der Waals surface area contributed by atoms with Gasteiger partial charge in [-0.1, -0.05) is 28.1 Å². The molecule has 3 rings (SSSR count). The summed E-state index contributed by atoms with van der Waals surface area (Å²) in [5, 5.41) is 3.71. The molecule has 0 fully saturated rings. The molecule has 0 bridgehead atoms. The number of hydrogen-bond donors (Lipinski definition) is 2. The number of hydrogen-bond acceptors (Lipinski definition) is 3. The van der Waals surface area contributed by atoms with E-state index in [1.54, 1.807) is 0 Å². The van der Waals surface area contributed by atoms with Crippen molar-refractivity contribution in [2.24, 2.45) is 0 Å². The lowest BCUT2D eigenvalue weighted by Crippen LogP contribution is -1.80. The maximum absolute atomic E-state index is 5.60. The number of nitrogens with zero attached hydrogens (tertiary/aromatic N) is 1. The maximum Gasteiger partial charge on any atom is 0.180 e. The Bertz CT molecular complexity index is 727. The van der Waals surface area contributed by atoms with Crippen LogP contribution >= 0.6 is 27.3 Å². The molecule has 3 aromatic rings. The van der Waals surface area contributed by atoms with E-state index in [2.05, 4.69) is 32.0 Å². The minimum absolute atomic E-state index is 0.592. The van der Waals surface area contributed by atoms with E-state index in [1.165, 1.54) is 16.7 Å². The van der Waals surface area contributed by atoms with E-state index in [9.17, 15) is 0 Å². The van der Waals surface area contributed by atoms with Crippen LogP contribution in [0.3, 0.4) is 0 Å². The minimum atomic E-state index is 0.592. The number of rotatable bonds is 2. The van der Waals surface area contributed by atoms with E-state index in [0.29, 0.717) is 5.13 Å². The Morgan fingerprint density at radius 1 is 1.33 bits per heavy atom. The summed E-state index contributed by atoms with van der Waals surface area (Å²) in [4.78, 5) is 7.45. The van der Waals surface area contributed by atoms with Crippen LogP contribution in [0, 0.1) is 0 Å². The van der Waals surface area contributed by atoms with Gasteiger partial charge in [-0.3, -0.25) is 0 Å². The second kappa shape index (κ2) is 4.59. The Kier molecular flexibility index (Phi) is 2.93. The van der Waals surface area contributed by atoms with Crippen LogP contribution in [0.25, 0.3) is 23.1 Å². The van der Waals surface area contributed by atoms with Gasteiger partial charge in [0, 0.05) is 32.5 Å². The van der Waals surface area contributed by atoms with Crippen LogP contribution in [0.5, 0.6) is 0 Å². The van der Waals surface area contributed by atoms with Gasteiger partial charge >= 0.3 is 0 Å². The lowest BCUT2D eigenvalue weighted by Gasteiger charge is -1.95. The van der Waals surface area contributed by atoms with Gasteiger partial charge in [0.2, 0.25) is 0 Å². The first-order valence-corrected chi connectivity index (χ1v) is 7.06. The summed E-state index contributed by atoms with van der Waals surface area (Å²) >= 11 is 5.02. The van der Waals surface area contributed by atoms with Gasteiger partial charge in [-0.2, -0.15) is 0 Å². The zero-order chi connectivity index (χ0) is 12.5. The number of nitrogens with one attached hydrogen (secondary N) is 1. The van der Waals surface area contributed by atoms with Crippen molar-refractivity contribution in [3.05, 3.63) is 45.5 Å². The van der Waals surface area contributed by atoms with Gasteiger partial charge in [0.05, 0.1) is 5.69 Å². The molecule has 2 aromatic heterocycles. The normalized spacial score (nSPS) is 11.6. The molecule has 3 nitrogen and oxygen atoms in total. The fraction of sp³-hybridized carbons (Fsp3) is 0. The Morgan fingerprint density at radius 3 is 3.00 bits per heavy atom. The molecule has 2 heterocycles. The molecule has 3 N–H and O–H groups in total. The lowest BCUT2D eigenvalue weighted by molar-refractivity contribution is 1.39. The predicted octanol–water partition coefficient (Wildman–Crippen LogP) is 4.14. The summed E-state index contributed by atoms with van der Waals surface area (Å²) in [6.45, 7) is 0. The summed E-state index contributed by atoms with van der Waals surface area (Å²) in [6, 6.07) is 6.10. The molecular weight excluding hydrogens is 310 g/mol. The van der Waals surface area contributed by atoms with Crippen LogP contribution in [-0.4, -0.2) is 9.97 Å². The third-order valence-corrected chi connectivity index (χ3v) is 4.01. The van der Waals surface area contributed by atoms with Crippen molar-refractivity contribution >= 4 is 55.5 Å². The molecule has 90 valence electrons. The summed E-state index contributed by atoms with van der Waals surface area (Å²) in [5.74, 6) is 0. The van der Waals surface area contributed by atoms with Gasteiger partial charge in [0.1, 0.15) is 0 Å². The highest BCUT2D eigenvalue weighted by Gasteiger charge is 2.04. The molecule has 0 saturated heterocycles. The van der Waals surface area contributed by atoms with E-state index in [-0.39, 0.29) is 0 Å². The number of aromatic nitrogens is 2. The van der Waals surface area contributed by atoms with Crippen molar-refractivity contribution in [2.45, 2.75) is 0 Å². The molecule has 18 heavy (non-hydrogen) atoms. The standard InChI is InChI=1S/C13H10BrN3S/c14-10-2-1-3-11-12(10)8(6-16-11)4-5-9-7-18-13(15)17-9/h1-7,16H,(H2,15,17)/b5-4+. The molecule has 5 heteroatoms. The molecule has 0 unspecified atom stereocenters. The SMILES string of the molecule is Nc1nc(/C=C/c2c[nH]c3cccc(Br)c23)cs1. The molecule has 0 spiro atoms. The number of fused-ring (bicyclic) bond motifs is 1. The van der Waals surface area contributed by atoms with Crippen molar-refractivity contribution in [1.29, 1.82) is 0 Å². The number of nitrogens with two attached hydrogens (primary N) is 1. The van der Waals surface area contributed by atoms with Gasteiger partial charge in [0.15, 0.2) is 5.13 Å².